The summed E-state index contributed by atoms with van der Waals surface area (Å²) >= 11 is 0. The first-order valence-corrected chi connectivity index (χ1v) is 9.64. The van der Waals surface area contributed by atoms with Gasteiger partial charge in [0.25, 0.3) is 5.91 Å². The minimum Gasteiger partial charge on any atom is -0.342 e. The lowest BCUT2D eigenvalue weighted by molar-refractivity contribution is -0.140. The van der Waals surface area contributed by atoms with E-state index in [1.54, 1.807) is 4.90 Å². The van der Waals surface area contributed by atoms with Crippen LogP contribution >= 0.6 is 0 Å². The minimum atomic E-state index is -0.939. The Labute approximate surface area is 165 Å². The molecule has 0 N–H and O–H groups in total. The molecule has 0 aliphatic carbocycles. The Kier molecular flexibility index (Phi) is 4.23. The van der Waals surface area contributed by atoms with Gasteiger partial charge in [-0.2, -0.15) is 0 Å². The first-order chi connectivity index (χ1) is 13.9. The van der Waals surface area contributed by atoms with Crippen molar-refractivity contribution in [3.05, 3.63) is 53.6 Å². The molecular weight excluding hydrogens is 385 g/mol. The van der Waals surface area contributed by atoms with Crippen LogP contribution in [0.5, 0.6) is 0 Å². The second-order valence-electron chi connectivity index (χ2n) is 7.76. The number of hydrogen-bond donors (Lipinski definition) is 0. The molecular formula is C20H19F3N4O2. The number of halogens is 3. The standard InChI is InChI=1S/C20H19F3N4O2/c21-13-7-12(8-14(22)9-13)16-1-2-17-27(16)18(28)20(29-17)3-5-26(6-4-20)19-24-10-15(23)11-25-19/h7-11,16-17H,1-6H2/t16-,17+/m0/s1. The Morgan fingerprint density at radius 1 is 0.966 bits per heavy atom. The average Bonchev–Trinajstić information content (AvgIpc) is 3.21. The van der Waals surface area contributed by atoms with E-state index in [1.165, 1.54) is 12.1 Å². The summed E-state index contributed by atoms with van der Waals surface area (Å²) in [5.74, 6) is -1.52. The number of fused-ring (bicyclic) bond motifs is 1. The van der Waals surface area contributed by atoms with Crippen LogP contribution in [0, 0.1) is 17.5 Å². The number of amides is 1. The molecule has 2 atom stereocenters. The van der Waals surface area contributed by atoms with Gasteiger partial charge in [-0.25, -0.2) is 23.1 Å². The van der Waals surface area contributed by atoms with Crippen LogP contribution < -0.4 is 4.90 Å². The predicted octanol–water partition coefficient (Wildman–Crippen LogP) is 2.95. The maximum Gasteiger partial charge on any atom is 0.257 e. The van der Waals surface area contributed by atoms with E-state index in [0.717, 1.165) is 18.5 Å². The molecule has 29 heavy (non-hydrogen) atoms. The van der Waals surface area contributed by atoms with Crippen LogP contribution in [0.15, 0.2) is 30.6 Å². The molecule has 5 rings (SSSR count). The lowest BCUT2D eigenvalue weighted by Crippen LogP contribution is -2.50. The van der Waals surface area contributed by atoms with E-state index in [2.05, 4.69) is 9.97 Å². The van der Waals surface area contributed by atoms with E-state index in [0.29, 0.717) is 50.3 Å². The van der Waals surface area contributed by atoms with Gasteiger partial charge >= 0.3 is 0 Å². The van der Waals surface area contributed by atoms with Crippen molar-refractivity contribution in [3.8, 4) is 0 Å². The van der Waals surface area contributed by atoms with Gasteiger partial charge < -0.3 is 14.5 Å². The Morgan fingerprint density at radius 3 is 2.28 bits per heavy atom. The number of ether oxygens (including phenoxy) is 1. The van der Waals surface area contributed by atoms with Gasteiger partial charge in [-0.15, -0.1) is 0 Å². The van der Waals surface area contributed by atoms with Crippen molar-refractivity contribution in [2.45, 2.75) is 43.6 Å². The lowest BCUT2D eigenvalue weighted by atomic mass is 9.89. The zero-order chi connectivity index (χ0) is 20.2. The summed E-state index contributed by atoms with van der Waals surface area (Å²) in [6.07, 6.45) is 3.97. The quantitative estimate of drug-likeness (QED) is 0.770. The Balaban J connectivity index is 1.34. The number of rotatable bonds is 2. The van der Waals surface area contributed by atoms with Crippen molar-refractivity contribution in [2.75, 3.05) is 18.0 Å². The van der Waals surface area contributed by atoms with Crippen LogP contribution in [-0.4, -0.2) is 45.7 Å². The number of hydrogen-bond acceptors (Lipinski definition) is 5. The topological polar surface area (TPSA) is 58.6 Å². The third kappa shape index (κ3) is 3.04. The van der Waals surface area contributed by atoms with Gasteiger partial charge in [0.05, 0.1) is 18.4 Å². The highest BCUT2D eigenvalue weighted by atomic mass is 19.1. The summed E-state index contributed by atoms with van der Waals surface area (Å²) in [6.45, 7) is 0.994. The number of benzene rings is 1. The third-order valence-electron chi connectivity index (χ3n) is 6.05. The van der Waals surface area contributed by atoms with Crippen LogP contribution in [0.4, 0.5) is 19.1 Å². The first-order valence-electron chi connectivity index (χ1n) is 9.64. The molecule has 0 bridgehead atoms. The van der Waals surface area contributed by atoms with Gasteiger partial charge in [0, 0.05) is 32.0 Å². The number of piperidine rings is 1. The maximum atomic E-state index is 13.7. The molecule has 1 spiro atoms. The van der Waals surface area contributed by atoms with Gasteiger partial charge in [0.1, 0.15) is 17.9 Å². The largest absolute Gasteiger partial charge is 0.342 e. The first kappa shape index (κ1) is 18.4. The zero-order valence-corrected chi connectivity index (χ0v) is 15.5. The second-order valence-corrected chi connectivity index (χ2v) is 7.76. The summed E-state index contributed by atoms with van der Waals surface area (Å²) in [6, 6.07) is 2.99. The smallest absolute Gasteiger partial charge is 0.257 e. The van der Waals surface area contributed by atoms with Crippen molar-refractivity contribution < 1.29 is 22.7 Å². The van der Waals surface area contributed by atoms with Crippen LogP contribution in [0.2, 0.25) is 0 Å². The highest BCUT2D eigenvalue weighted by molar-refractivity contribution is 5.88. The fourth-order valence-corrected chi connectivity index (χ4v) is 4.68. The predicted molar refractivity (Wildman–Crippen MR) is 96.2 cm³/mol. The molecule has 3 fully saturated rings. The Morgan fingerprint density at radius 2 is 1.62 bits per heavy atom. The molecule has 2 aromatic rings. The van der Waals surface area contributed by atoms with Crippen molar-refractivity contribution in [2.24, 2.45) is 0 Å². The number of aromatic nitrogens is 2. The third-order valence-corrected chi connectivity index (χ3v) is 6.05. The normalized spacial score (nSPS) is 25.7. The van der Waals surface area contributed by atoms with Gasteiger partial charge in [-0.05, 0) is 30.5 Å². The van der Waals surface area contributed by atoms with Gasteiger partial charge in [0.15, 0.2) is 11.4 Å². The summed E-state index contributed by atoms with van der Waals surface area (Å²) in [4.78, 5) is 24.9. The Bertz CT molecular complexity index is 927. The highest BCUT2D eigenvalue weighted by Crippen LogP contribution is 2.47. The van der Waals surface area contributed by atoms with Crippen molar-refractivity contribution >= 4 is 11.9 Å². The molecule has 3 aliphatic rings. The molecule has 3 saturated heterocycles. The van der Waals surface area contributed by atoms with E-state index in [-0.39, 0.29) is 12.1 Å². The van der Waals surface area contributed by atoms with Gasteiger partial charge in [-0.1, -0.05) is 0 Å². The Hall–Kier alpha value is -2.68. The number of anilines is 1. The zero-order valence-electron chi connectivity index (χ0n) is 15.5. The van der Waals surface area contributed by atoms with E-state index < -0.39 is 29.1 Å². The summed E-state index contributed by atoms with van der Waals surface area (Å²) in [5, 5.41) is 0. The molecule has 1 amide bonds. The van der Waals surface area contributed by atoms with Crippen molar-refractivity contribution in [3.63, 3.8) is 0 Å². The fourth-order valence-electron chi connectivity index (χ4n) is 4.68. The summed E-state index contributed by atoms with van der Waals surface area (Å²) in [5.41, 5.74) is -0.484. The molecule has 152 valence electrons. The van der Waals surface area contributed by atoms with Crippen molar-refractivity contribution in [1.82, 2.24) is 14.9 Å². The van der Waals surface area contributed by atoms with E-state index in [1.807, 2.05) is 4.90 Å². The van der Waals surface area contributed by atoms with E-state index in [4.69, 9.17) is 4.74 Å². The number of carbonyl (C=O) groups excluding carboxylic acids is 1. The molecule has 0 saturated carbocycles. The SMILES string of the molecule is O=C1N2[C@@H](CC[C@H]2c2cc(F)cc(F)c2)OC12CCN(c1ncc(F)cn1)CC2. The molecule has 9 heteroatoms. The van der Waals surface area contributed by atoms with E-state index in [9.17, 15) is 18.0 Å². The lowest BCUT2D eigenvalue weighted by Gasteiger charge is -2.37. The molecule has 0 unspecified atom stereocenters. The van der Waals surface area contributed by atoms with Gasteiger partial charge in [-0.3, -0.25) is 4.79 Å². The van der Waals surface area contributed by atoms with Crippen molar-refractivity contribution in [1.29, 1.82) is 0 Å². The molecule has 1 aromatic heterocycles. The summed E-state index contributed by atoms with van der Waals surface area (Å²) in [7, 11) is 0. The molecule has 1 aromatic carbocycles. The maximum absolute atomic E-state index is 13.7. The van der Waals surface area contributed by atoms with Crippen LogP contribution in [0.25, 0.3) is 0 Å². The van der Waals surface area contributed by atoms with Crippen LogP contribution in [0.1, 0.15) is 37.3 Å². The minimum absolute atomic E-state index is 0.130. The molecule has 6 nitrogen and oxygen atoms in total. The average molecular weight is 404 g/mol. The molecule has 0 radical (unpaired) electrons. The van der Waals surface area contributed by atoms with E-state index >= 15 is 0 Å². The van der Waals surface area contributed by atoms with Crippen LogP contribution in [-0.2, 0) is 9.53 Å². The molecule has 4 heterocycles. The van der Waals surface area contributed by atoms with Crippen LogP contribution in [0.3, 0.4) is 0 Å². The molecule has 3 aliphatic heterocycles. The second kappa shape index (κ2) is 6.69. The monoisotopic (exact) mass is 404 g/mol. The number of nitrogens with zero attached hydrogens (tertiary/aromatic N) is 4. The highest BCUT2D eigenvalue weighted by Gasteiger charge is 2.58. The number of carbonyl (C=O) groups is 1. The fraction of sp³-hybridized carbons (Fsp3) is 0.450. The van der Waals surface area contributed by atoms with Gasteiger partial charge in [0.2, 0.25) is 5.95 Å². The summed E-state index contributed by atoms with van der Waals surface area (Å²) < 4.78 is 46.6.